The Morgan fingerprint density at radius 1 is 0.881 bits per heavy atom. The number of ether oxygens (including phenoxy) is 4. The number of fused-ring (bicyclic) bond motifs is 1. The summed E-state index contributed by atoms with van der Waals surface area (Å²) in [6, 6.07) is 12.7. The zero-order valence-electron chi connectivity index (χ0n) is 24.3. The second-order valence-corrected chi connectivity index (χ2v) is 12.3. The maximum absolute atomic E-state index is 13.4. The second kappa shape index (κ2) is 14.6. The minimum atomic E-state index is -1.24. The van der Waals surface area contributed by atoms with Gasteiger partial charge in [-0.15, -0.1) is 0 Å². The summed E-state index contributed by atoms with van der Waals surface area (Å²) in [6.45, 7) is 2.40. The molecule has 2 N–H and O–H groups in total. The van der Waals surface area contributed by atoms with Crippen LogP contribution >= 0.6 is 11.6 Å². The van der Waals surface area contributed by atoms with E-state index in [9.17, 15) is 14.7 Å². The zero-order chi connectivity index (χ0) is 29.5. The summed E-state index contributed by atoms with van der Waals surface area (Å²) in [7, 11) is 0. The summed E-state index contributed by atoms with van der Waals surface area (Å²) in [4.78, 5) is 26.6. The number of rotatable bonds is 10. The molecule has 228 valence electrons. The summed E-state index contributed by atoms with van der Waals surface area (Å²) in [5.41, 5.74) is 1.71. The number of carbonyl (C=O) groups excluding carboxylic acids is 2. The number of hydrogen-bond acceptors (Lipinski definition) is 8. The highest BCUT2D eigenvalue weighted by atomic mass is 35.5. The van der Waals surface area contributed by atoms with E-state index in [-0.39, 0.29) is 18.2 Å². The van der Waals surface area contributed by atoms with Crippen molar-refractivity contribution in [2.45, 2.75) is 114 Å². The molecular formula is C33H42ClNO7. The molecule has 5 rings (SSSR count). The van der Waals surface area contributed by atoms with Gasteiger partial charge < -0.3 is 29.4 Å². The fraction of sp³-hybridized carbons (Fsp3) is 0.576. The molecule has 0 spiro atoms. The molecule has 2 aromatic carbocycles. The van der Waals surface area contributed by atoms with Gasteiger partial charge in [-0.3, -0.25) is 0 Å². The van der Waals surface area contributed by atoms with Crippen LogP contribution in [0.2, 0.25) is 5.02 Å². The number of carbonyl (C=O) groups is 2. The number of aliphatic hydroxyl groups excluding tert-OH is 1. The molecule has 0 saturated heterocycles. The van der Waals surface area contributed by atoms with Crippen LogP contribution in [0.25, 0.3) is 0 Å². The first-order valence-corrected chi connectivity index (χ1v) is 15.8. The van der Waals surface area contributed by atoms with Gasteiger partial charge in [0, 0.05) is 17.6 Å². The van der Waals surface area contributed by atoms with Crippen molar-refractivity contribution < 1.29 is 33.6 Å². The molecule has 0 aromatic heterocycles. The molecule has 0 radical (unpaired) electrons. The van der Waals surface area contributed by atoms with Crippen molar-refractivity contribution >= 4 is 23.5 Å². The average molecular weight is 600 g/mol. The number of benzene rings is 2. The Balaban J connectivity index is 1.24. The van der Waals surface area contributed by atoms with Crippen molar-refractivity contribution in [1.29, 1.82) is 0 Å². The van der Waals surface area contributed by atoms with E-state index in [1.807, 2.05) is 31.2 Å². The van der Waals surface area contributed by atoms with Gasteiger partial charge in [-0.2, -0.15) is 0 Å². The summed E-state index contributed by atoms with van der Waals surface area (Å²) in [5, 5.41) is 14.5. The van der Waals surface area contributed by atoms with Gasteiger partial charge in [-0.1, -0.05) is 42.6 Å². The van der Waals surface area contributed by atoms with Crippen LogP contribution in [0.5, 0.6) is 11.5 Å². The molecule has 2 aliphatic carbocycles. The molecule has 2 saturated carbocycles. The van der Waals surface area contributed by atoms with Gasteiger partial charge in [0.2, 0.25) is 12.2 Å². The van der Waals surface area contributed by atoms with Gasteiger partial charge in [0.15, 0.2) is 11.5 Å². The molecule has 9 heteroatoms. The van der Waals surface area contributed by atoms with Gasteiger partial charge in [-0.05, 0) is 100 Å². The highest BCUT2D eigenvalue weighted by Crippen LogP contribution is 2.37. The predicted molar refractivity (Wildman–Crippen MR) is 159 cm³/mol. The third-order valence-corrected chi connectivity index (χ3v) is 8.60. The van der Waals surface area contributed by atoms with Gasteiger partial charge >= 0.3 is 11.9 Å². The van der Waals surface area contributed by atoms with Crippen LogP contribution in [0.4, 0.5) is 0 Å². The Labute approximate surface area is 253 Å². The SMILES string of the molecule is C[C@H](Cc1ccc2c(c1)OC(C(=O)OC1CCCCC1)C(C(=O)OC1CCCCC1)O2)NC[C@H](O)c1cccc(Cl)c1. The van der Waals surface area contributed by atoms with Crippen LogP contribution in [0.15, 0.2) is 42.5 Å². The number of nitrogens with one attached hydrogen (secondary N) is 1. The highest BCUT2D eigenvalue weighted by Gasteiger charge is 2.45. The van der Waals surface area contributed by atoms with Crippen LogP contribution < -0.4 is 14.8 Å². The van der Waals surface area contributed by atoms with Crippen LogP contribution in [0, 0.1) is 0 Å². The number of hydrogen-bond donors (Lipinski definition) is 2. The molecule has 2 unspecified atom stereocenters. The van der Waals surface area contributed by atoms with Gasteiger partial charge in [-0.25, -0.2) is 9.59 Å². The number of halogens is 1. The van der Waals surface area contributed by atoms with Crippen LogP contribution in [-0.2, 0) is 25.5 Å². The molecule has 1 aliphatic heterocycles. The monoisotopic (exact) mass is 599 g/mol. The van der Waals surface area contributed by atoms with E-state index >= 15 is 0 Å². The lowest BCUT2D eigenvalue weighted by atomic mass is 9.97. The molecule has 42 heavy (non-hydrogen) atoms. The number of aliphatic hydroxyl groups is 1. The van der Waals surface area contributed by atoms with E-state index in [0.717, 1.165) is 75.3 Å². The summed E-state index contributed by atoms with van der Waals surface area (Å²) >= 11 is 6.06. The van der Waals surface area contributed by atoms with Crippen molar-refractivity contribution in [2.24, 2.45) is 0 Å². The van der Waals surface area contributed by atoms with Crippen LogP contribution in [0.1, 0.15) is 88.4 Å². The Morgan fingerprint density at radius 3 is 2.07 bits per heavy atom. The lowest BCUT2D eigenvalue weighted by molar-refractivity contribution is -0.179. The Morgan fingerprint density at radius 2 is 1.48 bits per heavy atom. The van der Waals surface area contributed by atoms with Crippen molar-refractivity contribution in [3.63, 3.8) is 0 Å². The number of esters is 2. The lowest BCUT2D eigenvalue weighted by Crippen LogP contribution is -2.52. The minimum absolute atomic E-state index is 0.0340. The second-order valence-electron chi connectivity index (χ2n) is 11.8. The summed E-state index contributed by atoms with van der Waals surface area (Å²) in [5.74, 6) is -0.388. The minimum Gasteiger partial charge on any atom is -0.470 e. The molecule has 0 bridgehead atoms. The molecule has 4 atom stereocenters. The zero-order valence-corrected chi connectivity index (χ0v) is 25.0. The van der Waals surface area contributed by atoms with E-state index in [0.29, 0.717) is 29.5 Å². The van der Waals surface area contributed by atoms with Crippen molar-refractivity contribution in [3.05, 3.63) is 58.6 Å². The first kappa shape index (κ1) is 30.6. The standard InChI is InChI=1S/C33H42ClNO7/c1-21(35-20-27(36)23-9-8-10-24(34)19-23)17-22-15-16-28-29(18-22)42-31(33(38)40-26-13-6-3-7-14-26)30(41-28)32(37)39-25-11-4-2-5-12-25/h8-10,15-16,18-19,21,25-27,30-31,35-36H,2-7,11-14,17,20H2,1H3/t21-,27+,30?,31?/m1/s1. The third kappa shape index (κ3) is 8.17. The van der Waals surface area contributed by atoms with Crippen molar-refractivity contribution in [3.8, 4) is 11.5 Å². The maximum atomic E-state index is 13.4. The van der Waals surface area contributed by atoms with E-state index in [2.05, 4.69) is 5.32 Å². The third-order valence-electron chi connectivity index (χ3n) is 8.36. The molecule has 0 amide bonds. The highest BCUT2D eigenvalue weighted by molar-refractivity contribution is 6.30. The quantitative estimate of drug-likeness (QED) is 0.328. The smallest absolute Gasteiger partial charge is 0.352 e. The Kier molecular flexibility index (Phi) is 10.6. The molecule has 2 fully saturated rings. The summed E-state index contributed by atoms with van der Waals surface area (Å²) < 4.78 is 23.9. The Bertz CT molecular complexity index is 1210. The van der Waals surface area contributed by atoms with Crippen LogP contribution in [-0.4, -0.2) is 54.0 Å². The van der Waals surface area contributed by atoms with E-state index in [1.165, 1.54) is 0 Å². The van der Waals surface area contributed by atoms with Gasteiger partial charge in [0.05, 0.1) is 6.10 Å². The van der Waals surface area contributed by atoms with E-state index in [1.54, 1.807) is 18.2 Å². The molecule has 3 aliphatic rings. The first-order valence-electron chi connectivity index (χ1n) is 15.4. The van der Waals surface area contributed by atoms with Crippen molar-refractivity contribution in [1.82, 2.24) is 5.32 Å². The summed E-state index contributed by atoms with van der Waals surface area (Å²) in [6.07, 6.45) is 6.75. The normalized spacial score (nSPS) is 22.6. The van der Waals surface area contributed by atoms with E-state index < -0.39 is 30.3 Å². The van der Waals surface area contributed by atoms with Gasteiger partial charge in [0.1, 0.15) is 12.2 Å². The largest absolute Gasteiger partial charge is 0.470 e. The van der Waals surface area contributed by atoms with Gasteiger partial charge in [0.25, 0.3) is 0 Å². The first-order chi connectivity index (χ1) is 20.4. The molecule has 2 aromatic rings. The molecular weight excluding hydrogens is 558 g/mol. The fourth-order valence-corrected chi connectivity index (χ4v) is 6.21. The van der Waals surface area contributed by atoms with Crippen molar-refractivity contribution in [2.75, 3.05) is 6.54 Å². The average Bonchev–Trinajstić information content (AvgIpc) is 3.00. The molecule has 8 nitrogen and oxygen atoms in total. The van der Waals surface area contributed by atoms with Crippen LogP contribution in [0.3, 0.4) is 0 Å². The Hall–Kier alpha value is -2.81. The predicted octanol–water partition coefficient (Wildman–Crippen LogP) is 5.85. The lowest BCUT2D eigenvalue weighted by Gasteiger charge is -2.34. The fourth-order valence-electron chi connectivity index (χ4n) is 6.01. The van der Waals surface area contributed by atoms with E-state index in [4.69, 9.17) is 30.5 Å². The maximum Gasteiger partial charge on any atom is 0.352 e. The molecule has 1 heterocycles. The topological polar surface area (TPSA) is 103 Å².